The number of ether oxygens (including phenoxy) is 1. The van der Waals surface area contributed by atoms with Crippen LogP contribution in [0.4, 0.5) is 4.39 Å². The molecule has 1 saturated heterocycles. The molecule has 1 aliphatic carbocycles. The molecular weight excluding hydrogens is 519 g/mol. The van der Waals surface area contributed by atoms with E-state index >= 15 is 0 Å². The van der Waals surface area contributed by atoms with Crippen molar-refractivity contribution in [2.24, 2.45) is 0 Å². The highest BCUT2D eigenvalue weighted by Gasteiger charge is 2.30. The molecule has 1 amide bonds. The quantitative estimate of drug-likeness (QED) is 0.258. The minimum Gasteiger partial charge on any atom is -0.489 e. The minimum absolute atomic E-state index is 0.194. The Kier molecular flexibility index (Phi) is 8.31. The van der Waals surface area contributed by atoms with Gasteiger partial charge in [-0.3, -0.25) is 9.59 Å². The molecule has 0 unspecified atom stereocenters. The van der Waals surface area contributed by atoms with E-state index in [1.165, 1.54) is 12.1 Å². The van der Waals surface area contributed by atoms with Crippen LogP contribution in [0.1, 0.15) is 53.3 Å². The number of carbonyl (C=O) groups is 2. The Morgan fingerprint density at radius 3 is 2.44 bits per heavy atom. The number of nitrogens with zero attached hydrogens (tertiary/aromatic N) is 1. The fourth-order valence-electron chi connectivity index (χ4n) is 4.99. The summed E-state index contributed by atoms with van der Waals surface area (Å²) in [4.78, 5) is 28.4. The number of halogens is 2. The van der Waals surface area contributed by atoms with Crippen LogP contribution in [-0.4, -0.2) is 53.5 Å². The van der Waals surface area contributed by atoms with E-state index in [9.17, 15) is 19.1 Å². The molecule has 204 valence electrons. The van der Waals surface area contributed by atoms with Crippen molar-refractivity contribution < 1.29 is 23.8 Å². The van der Waals surface area contributed by atoms with Crippen molar-refractivity contribution in [1.82, 2.24) is 10.2 Å². The number of amides is 1. The van der Waals surface area contributed by atoms with E-state index in [1.807, 2.05) is 6.92 Å². The predicted octanol–water partition coefficient (Wildman–Crippen LogP) is 5.49. The van der Waals surface area contributed by atoms with Crippen LogP contribution in [-0.2, 0) is 4.79 Å². The number of aliphatic hydroxyl groups excluding tert-OH is 1. The second-order valence-electron chi connectivity index (χ2n) is 10.4. The van der Waals surface area contributed by atoms with Crippen LogP contribution in [0.3, 0.4) is 0 Å². The monoisotopic (exact) mass is 550 g/mol. The van der Waals surface area contributed by atoms with Crippen molar-refractivity contribution >= 4 is 23.3 Å². The second-order valence-corrected chi connectivity index (χ2v) is 10.8. The van der Waals surface area contributed by atoms with Crippen molar-refractivity contribution in [3.05, 3.63) is 88.2 Å². The number of Topliss-reactive ketones (excluding diaryl/α,β-unsaturated/α-hetero) is 1. The number of benzene rings is 3. The van der Waals surface area contributed by atoms with Gasteiger partial charge in [0.15, 0.2) is 0 Å². The maximum Gasteiger partial charge on any atom is 0.292 e. The van der Waals surface area contributed by atoms with Crippen molar-refractivity contribution in [1.29, 1.82) is 0 Å². The molecule has 1 aliphatic heterocycles. The molecule has 0 bridgehead atoms. The van der Waals surface area contributed by atoms with Gasteiger partial charge in [-0.05, 0) is 98.3 Å². The summed E-state index contributed by atoms with van der Waals surface area (Å²) in [6.07, 6.45) is 3.24. The van der Waals surface area contributed by atoms with E-state index in [0.717, 1.165) is 55.5 Å². The zero-order valence-corrected chi connectivity index (χ0v) is 22.6. The van der Waals surface area contributed by atoms with Crippen LogP contribution in [0.2, 0.25) is 5.02 Å². The van der Waals surface area contributed by atoms with Gasteiger partial charge in [0.2, 0.25) is 5.78 Å². The number of aryl methyl sites for hydroxylation is 1. The number of rotatable bonds is 10. The highest BCUT2D eigenvalue weighted by atomic mass is 35.5. The van der Waals surface area contributed by atoms with Gasteiger partial charge in [-0.15, -0.1) is 0 Å². The Morgan fingerprint density at radius 1 is 1.08 bits per heavy atom. The molecule has 1 saturated carbocycles. The number of nitrogens with one attached hydrogen (secondary N) is 1. The van der Waals surface area contributed by atoms with Gasteiger partial charge in [-0.25, -0.2) is 4.39 Å². The van der Waals surface area contributed by atoms with Crippen LogP contribution in [0.5, 0.6) is 5.75 Å². The average molecular weight is 551 g/mol. The number of aliphatic hydroxyl groups is 1. The van der Waals surface area contributed by atoms with Gasteiger partial charge in [0.05, 0.1) is 17.2 Å². The lowest BCUT2D eigenvalue weighted by Gasteiger charge is -2.28. The molecule has 0 spiro atoms. The van der Waals surface area contributed by atoms with Gasteiger partial charge in [-0.1, -0.05) is 41.9 Å². The summed E-state index contributed by atoms with van der Waals surface area (Å²) in [5.41, 5.74) is 3.24. The van der Waals surface area contributed by atoms with E-state index in [2.05, 4.69) is 10.2 Å². The van der Waals surface area contributed by atoms with Crippen molar-refractivity contribution in [2.75, 3.05) is 19.6 Å². The predicted molar refractivity (Wildman–Crippen MR) is 149 cm³/mol. The third-order valence-electron chi connectivity index (χ3n) is 7.32. The molecular formula is C31H32ClFN2O4. The summed E-state index contributed by atoms with van der Waals surface area (Å²) >= 11 is 6.43. The third-order valence-corrected chi connectivity index (χ3v) is 7.61. The van der Waals surface area contributed by atoms with Gasteiger partial charge in [0.1, 0.15) is 17.7 Å². The van der Waals surface area contributed by atoms with E-state index in [-0.39, 0.29) is 17.5 Å². The highest BCUT2D eigenvalue weighted by Crippen LogP contribution is 2.34. The molecule has 0 aromatic heterocycles. The van der Waals surface area contributed by atoms with Gasteiger partial charge in [0, 0.05) is 12.1 Å². The van der Waals surface area contributed by atoms with Crippen molar-refractivity contribution in [3.63, 3.8) is 0 Å². The van der Waals surface area contributed by atoms with Gasteiger partial charge < -0.3 is 20.1 Å². The van der Waals surface area contributed by atoms with E-state index in [1.54, 1.807) is 48.5 Å². The Bertz CT molecular complexity index is 1350. The summed E-state index contributed by atoms with van der Waals surface area (Å²) in [5, 5.41) is 14.5. The largest absolute Gasteiger partial charge is 0.489 e. The summed E-state index contributed by atoms with van der Waals surface area (Å²) < 4.78 is 19.1. The van der Waals surface area contributed by atoms with Crippen LogP contribution in [0.25, 0.3) is 11.1 Å². The zero-order chi connectivity index (χ0) is 27.5. The molecule has 3 aromatic rings. The van der Waals surface area contributed by atoms with E-state index in [0.29, 0.717) is 22.9 Å². The molecule has 3 aromatic carbocycles. The lowest BCUT2D eigenvalue weighted by atomic mass is 9.96. The van der Waals surface area contributed by atoms with E-state index in [4.69, 9.17) is 16.3 Å². The molecule has 39 heavy (non-hydrogen) atoms. The van der Waals surface area contributed by atoms with Gasteiger partial charge in [0.25, 0.3) is 5.91 Å². The number of carbonyl (C=O) groups excluding carboxylic acids is 2. The molecule has 2 atom stereocenters. The Labute approximate surface area is 232 Å². The third kappa shape index (κ3) is 6.67. The standard InChI is InChI=1S/C31H32ClFN2O4/c1-19-16-21(6-12-25(19)20-4-8-23(33)9-5-20)30(37)31(38)34-27(18-35-14-2-3-15-35)29(36)22-7-13-28(26(32)17-22)39-24-10-11-24/h4-9,12-13,16-17,24,27,29,36H,2-3,10-11,14-15,18H2,1H3,(H,34,38)/t27-,29-/m1/s1. The highest BCUT2D eigenvalue weighted by molar-refractivity contribution is 6.43. The summed E-state index contributed by atoms with van der Waals surface area (Å²) in [6, 6.07) is 15.6. The van der Waals surface area contributed by atoms with Crippen LogP contribution < -0.4 is 10.1 Å². The van der Waals surface area contributed by atoms with Crippen LogP contribution in [0.15, 0.2) is 60.7 Å². The number of hydrogen-bond acceptors (Lipinski definition) is 5. The Hall–Kier alpha value is -3.26. The molecule has 2 fully saturated rings. The summed E-state index contributed by atoms with van der Waals surface area (Å²) in [6.45, 7) is 3.98. The van der Waals surface area contributed by atoms with Crippen molar-refractivity contribution in [2.45, 2.75) is 50.9 Å². The lowest BCUT2D eigenvalue weighted by Crippen LogP contribution is -2.48. The van der Waals surface area contributed by atoms with Crippen LogP contribution >= 0.6 is 11.6 Å². The fourth-order valence-corrected chi connectivity index (χ4v) is 5.22. The minimum atomic E-state index is -1.07. The normalized spacial score (nSPS) is 17.0. The van der Waals surface area contributed by atoms with Gasteiger partial charge >= 0.3 is 0 Å². The maximum absolute atomic E-state index is 13.3. The zero-order valence-electron chi connectivity index (χ0n) is 21.8. The molecule has 2 N–H and O–H groups in total. The SMILES string of the molecule is Cc1cc(C(=O)C(=O)N[C@H](CN2CCCC2)[C@H](O)c2ccc(OC3CC3)c(Cl)c2)ccc1-c1ccc(F)cc1. The first-order chi connectivity index (χ1) is 18.8. The summed E-state index contributed by atoms with van der Waals surface area (Å²) in [7, 11) is 0. The van der Waals surface area contributed by atoms with Crippen molar-refractivity contribution in [3.8, 4) is 16.9 Å². The second kappa shape index (κ2) is 11.9. The van der Waals surface area contributed by atoms with E-state index < -0.39 is 23.8 Å². The number of ketones is 1. The molecule has 8 heteroatoms. The number of likely N-dealkylation sites (tertiary alicyclic amines) is 1. The fraction of sp³-hybridized carbons (Fsp3) is 0.355. The molecule has 0 radical (unpaired) electrons. The first kappa shape index (κ1) is 27.3. The molecule has 5 rings (SSSR count). The average Bonchev–Trinajstić information content (AvgIpc) is 3.60. The Balaban J connectivity index is 1.32. The van der Waals surface area contributed by atoms with Crippen LogP contribution in [0, 0.1) is 12.7 Å². The molecule has 6 nitrogen and oxygen atoms in total. The molecule has 2 aliphatic rings. The summed E-state index contributed by atoms with van der Waals surface area (Å²) in [5.74, 6) is -1.22. The topological polar surface area (TPSA) is 78.9 Å². The lowest BCUT2D eigenvalue weighted by molar-refractivity contribution is -0.118. The maximum atomic E-state index is 13.3. The first-order valence-electron chi connectivity index (χ1n) is 13.4. The van der Waals surface area contributed by atoms with Gasteiger partial charge in [-0.2, -0.15) is 0 Å². The smallest absolute Gasteiger partial charge is 0.292 e. The Morgan fingerprint density at radius 2 is 1.79 bits per heavy atom. The number of hydrogen-bond donors (Lipinski definition) is 2. The first-order valence-corrected chi connectivity index (χ1v) is 13.7. The molecule has 1 heterocycles.